The molecule has 0 spiro atoms. The molecule has 1 unspecified atom stereocenters. The lowest BCUT2D eigenvalue weighted by Crippen LogP contribution is -2.33. The summed E-state index contributed by atoms with van der Waals surface area (Å²) in [7, 11) is 0. The summed E-state index contributed by atoms with van der Waals surface area (Å²) in [6.07, 6.45) is 0. The predicted octanol–water partition coefficient (Wildman–Crippen LogP) is 0.850. The molecule has 0 bridgehead atoms. The van der Waals surface area contributed by atoms with Crippen LogP contribution in [0, 0.1) is 6.92 Å². The first-order valence-corrected chi connectivity index (χ1v) is 6.66. The minimum atomic E-state index is -0.826. The van der Waals surface area contributed by atoms with Crippen molar-refractivity contribution in [3.8, 4) is 0 Å². The highest BCUT2D eigenvalue weighted by Crippen LogP contribution is 2.16. The maximum atomic E-state index is 12.3. The van der Waals surface area contributed by atoms with E-state index >= 15 is 0 Å². The average Bonchev–Trinajstić information content (AvgIpc) is 2.49. The Hall–Kier alpha value is -2.96. The zero-order chi connectivity index (χ0) is 16.3. The van der Waals surface area contributed by atoms with Crippen molar-refractivity contribution in [2.24, 2.45) is 5.73 Å². The Labute approximate surface area is 126 Å². The standard InChI is InChI=1S/C15H16N4O3/c1-9-7-8-13(20)19(18-9)10(2)15(22)17-12-6-4-3-5-11(12)14(16)21/h3-8,10H,1-2H3,(H2,16,21)(H,17,22). The van der Waals surface area contributed by atoms with Crippen LogP contribution in [0.1, 0.15) is 29.0 Å². The molecule has 0 aliphatic carbocycles. The van der Waals surface area contributed by atoms with Crippen LogP contribution in [0.4, 0.5) is 5.69 Å². The van der Waals surface area contributed by atoms with Crippen molar-refractivity contribution in [2.75, 3.05) is 5.32 Å². The highest BCUT2D eigenvalue weighted by atomic mass is 16.2. The SMILES string of the molecule is Cc1ccc(=O)n(C(C)C(=O)Nc2ccccc2C(N)=O)n1. The lowest BCUT2D eigenvalue weighted by atomic mass is 10.1. The second-order valence-corrected chi connectivity index (χ2v) is 4.83. The molecule has 1 aromatic carbocycles. The minimum absolute atomic E-state index is 0.201. The Morgan fingerprint density at radius 2 is 1.91 bits per heavy atom. The number of nitrogens with two attached hydrogens (primary N) is 1. The van der Waals surface area contributed by atoms with E-state index in [0.29, 0.717) is 11.4 Å². The van der Waals surface area contributed by atoms with Gasteiger partial charge in [0.25, 0.3) is 11.5 Å². The minimum Gasteiger partial charge on any atom is -0.366 e. The molecule has 1 atom stereocenters. The van der Waals surface area contributed by atoms with Crippen LogP contribution in [0.3, 0.4) is 0 Å². The fraction of sp³-hybridized carbons (Fsp3) is 0.200. The number of nitrogens with one attached hydrogen (secondary N) is 1. The summed E-state index contributed by atoms with van der Waals surface area (Å²) < 4.78 is 1.09. The zero-order valence-electron chi connectivity index (χ0n) is 12.2. The number of anilines is 1. The Bertz CT molecular complexity index is 782. The van der Waals surface area contributed by atoms with E-state index in [4.69, 9.17) is 5.73 Å². The van der Waals surface area contributed by atoms with Gasteiger partial charge in [0.05, 0.1) is 16.9 Å². The van der Waals surface area contributed by atoms with Gasteiger partial charge in [-0.2, -0.15) is 5.10 Å². The van der Waals surface area contributed by atoms with Crippen molar-refractivity contribution in [2.45, 2.75) is 19.9 Å². The fourth-order valence-electron chi connectivity index (χ4n) is 1.95. The highest BCUT2D eigenvalue weighted by Gasteiger charge is 2.19. The van der Waals surface area contributed by atoms with Crippen LogP contribution in [-0.2, 0) is 4.79 Å². The molecule has 1 heterocycles. The molecule has 0 fully saturated rings. The molecule has 2 rings (SSSR count). The van der Waals surface area contributed by atoms with Crippen LogP contribution in [-0.4, -0.2) is 21.6 Å². The molecular weight excluding hydrogens is 284 g/mol. The first-order valence-electron chi connectivity index (χ1n) is 6.66. The van der Waals surface area contributed by atoms with Gasteiger partial charge < -0.3 is 11.1 Å². The van der Waals surface area contributed by atoms with Gasteiger partial charge >= 0.3 is 0 Å². The number of primary amides is 1. The van der Waals surface area contributed by atoms with E-state index in [9.17, 15) is 14.4 Å². The number of para-hydroxylation sites is 1. The van der Waals surface area contributed by atoms with Gasteiger partial charge in [0.15, 0.2) is 0 Å². The van der Waals surface area contributed by atoms with E-state index in [1.54, 1.807) is 38.1 Å². The van der Waals surface area contributed by atoms with E-state index in [-0.39, 0.29) is 11.1 Å². The number of nitrogens with zero attached hydrogens (tertiary/aromatic N) is 2. The van der Waals surface area contributed by atoms with E-state index in [1.165, 1.54) is 12.1 Å². The van der Waals surface area contributed by atoms with Crippen molar-refractivity contribution in [3.63, 3.8) is 0 Å². The number of amides is 2. The molecule has 114 valence electrons. The van der Waals surface area contributed by atoms with Gasteiger partial charge in [-0.25, -0.2) is 4.68 Å². The molecule has 22 heavy (non-hydrogen) atoms. The summed E-state index contributed by atoms with van der Waals surface area (Å²) in [6, 6.07) is 8.50. The smallest absolute Gasteiger partial charge is 0.267 e. The van der Waals surface area contributed by atoms with Crippen molar-refractivity contribution in [3.05, 3.63) is 58.0 Å². The third-order valence-corrected chi connectivity index (χ3v) is 3.16. The second-order valence-electron chi connectivity index (χ2n) is 4.83. The molecule has 0 aliphatic rings. The van der Waals surface area contributed by atoms with Crippen LogP contribution in [0.15, 0.2) is 41.2 Å². The first-order chi connectivity index (χ1) is 10.4. The Morgan fingerprint density at radius 1 is 1.23 bits per heavy atom. The van der Waals surface area contributed by atoms with Crippen molar-refractivity contribution < 1.29 is 9.59 Å². The molecular formula is C15H16N4O3. The Balaban J connectivity index is 2.28. The highest BCUT2D eigenvalue weighted by molar-refractivity contribution is 6.03. The van der Waals surface area contributed by atoms with E-state index in [0.717, 1.165) is 4.68 Å². The van der Waals surface area contributed by atoms with Crippen molar-refractivity contribution >= 4 is 17.5 Å². The van der Waals surface area contributed by atoms with Crippen molar-refractivity contribution in [1.29, 1.82) is 0 Å². The monoisotopic (exact) mass is 300 g/mol. The third kappa shape index (κ3) is 3.20. The molecule has 2 amide bonds. The van der Waals surface area contributed by atoms with E-state index < -0.39 is 17.9 Å². The second kappa shape index (κ2) is 6.21. The summed E-state index contributed by atoms with van der Waals surface area (Å²) in [5.74, 6) is -1.11. The number of carbonyl (C=O) groups excluding carboxylic acids is 2. The molecule has 7 nitrogen and oxygen atoms in total. The normalized spacial score (nSPS) is 11.7. The number of rotatable bonds is 4. The average molecular weight is 300 g/mol. The molecule has 2 aromatic rings. The summed E-state index contributed by atoms with van der Waals surface area (Å²) >= 11 is 0. The quantitative estimate of drug-likeness (QED) is 0.872. The number of aromatic nitrogens is 2. The van der Waals surface area contributed by atoms with Gasteiger partial charge in [0.2, 0.25) is 5.91 Å². The Kier molecular flexibility index (Phi) is 4.36. The van der Waals surface area contributed by atoms with Gasteiger partial charge in [0.1, 0.15) is 6.04 Å². The van der Waals surface area contributed by atoms with Gasteiger partial charge in [-0.05, 0) is 32.0 Å². The number of aryl methyl sites for hydroxylation is 1. The van der Waals surface area contributed by atoms with Gasteiger partial charge in [-0.3, -0.25) is 14.4 Å². The lowest BCUT2D eigenvalue weighted by Gasteiger charge is -2.15. The van der Waals surface area contributed by atoms with Gasteiger partial charge in [0, 0.05) is 6.07 Å². The van der Waals surface area contributed by atoms with Crippen LogP contribution in [0.5, 0.6) is 0 Å². The predicted molar refractivity (Wildman–Crippen MR) is 81.5 cm³/mol. The van der Waals surface area contributed by atoms with Crippen LogP contribution in [0.2, 0.25) is 0 Å². The molecule has 3 N–H and O–H groups in total. The molecule has 0 saturated carbocycles. The number of carbonyl (C=O) groups is 2. The molecule has 0 saturated heterocycles. The van der Waals surface area contributed by atoms with Crippen LogP contribution >= 0.6 is 0 Å². The van der Waals surface area contributed by atoms with Gasteiger partial charge in [-0.1, -0.05) is 12.1 Å². The lowest BCUT2D eigenvalue weighted by molar-refractivity contribution is -0.119. The fourth-order valence-corrected chi connectivity index (χ4v) is 1.95. The summed E-state index contributed by atoms with van der Waals surface area (Å²) in [5.41, 5.74) is 6.01. The molecule has 0 aliphatic heterocycles. The topological polar surface area (TPSA) is 107 Å². The van der Waals surface area contributed by atoms with E-state index in [2.05, 4.69) is 10.4 Å². The largest absolute Gasteiger partial charge is 0.366 e. The molecule has 1 aromatic heterocycles. The maximum absolute atomic E-state index is 12.3. The number of hydrogen-bond acceptors (Lipinski definition) is 4. The Morgan fingerprint density at radius 3 is 2.59 bits per heavy atom. The van der Waals surface area contributed by atoms with Gasteiger partial charge in [-0.15, -0.1) is 0 Å². The van der Waals surface area contributed by atoms with Crippen LogP contribution < -0.4 is 16.6 Å². The van der Waals surface area contributed by atoms with E-state index in [1.807, 2.05) is 0 Å². The summed E-state index contributed by atoms with van der Waals surface area (Å²) in [5, 5.41) is 6.64. The molecule has 0 radical (unpaired) electrons. The van der Waals surface area contributed by atoms with Crippen LogP contribution in [0.25, 0.3) is 0 Å². The first kappa shape index (κ1) is 15.4. The number of benzene rings is 1. The summed E-state index contributed by atoms with van der Waals surface area (Å²) in [6.45, 7) is 3.28. The number of hydrogen-bond donors (Lipinski definition) is 2. The zero-order valence-corrected chi connectivity index (χ0v) is 12.2. The summed E-state index contributed by atoms with van der Waals surface area (Å²) in [4.78, 5) is 35.4. The third-order valence-electron chi connectivity index (χ3n) is 3.16. The molecule has 7 heteroatoms. The maximum Gasteiger partial charge on any atom is 0.267 e. The van der Waals surface area contributed by atoms with Crippen molar-refractivity contribution in [1.82, 2.24) is 9.78 Å².